The number of hydrogen-bond donors (Lipinski definition) is 1. The molecule has 0 bridgehead atoms. The Hall–Kier alpha value is -1.54. The minimum atomic E-state index is -3.63. The van der Waals surface area contributed by atoms with Gasteiger partial charge in [0.05, 0.1) is 5.75 Å². The van der Waals surface area contributed by atoms with E-state index in [-0.39, 0.29) is 18.2 Å². The van der Waals surface area contributed by atoms with Crippen LogP contribution in [0.1, 0.15) is 24.3 Å². The Morgan fingerprint density at radius 2 is 2.04 bits per heavy atom. The second-order valence-electron chi connectivity index (χ2n) is 5.80. The van der Waals surface area contributed by atoms with Crippen LogP contribution in [0.3, 0.4) is 0 Å². The van der Waals surface area contributed by atoms with Gasteiger partial charge in [0.15, 0.2) is 21.5 Å². The van der Waals surface area contributed by atoms with E-state index < -0.39 is 33.2 Å². The first kappa shape index (κ1) is 17.8. The molecule has 0 aromatic heterocycles. The average molecular weight is 347 g/mol. The molecule has 1 aliphatic heterocycles. The Morgan fingerprint density at radius 3 is 2.70 bits per heavy atom. The summed E-state index contributed by atoms with van der Waals surface area (Å²) in [5.74, 6) is -4.20. The standard InChI is InChI=1S/C15H19F2NO4S/c16-13-4-3-11(8-14(13)17)12-2-1-5-18(9-12)6-7-23(21,22)10-15(19)20/h3-4,8,12H,1-2,5-7,9-10H2,(H,19,20). The molecular weight excluding hydrogens is 328 g/mol. The lowest BCUT2D eigenvalue weighted by atomic mass is 9.90. The molecule has 0 aliphatic carbocycles. The van der Waals surface area contributed by atoms with Crippen LogP contribution >= 0.6 is 0 Å². The lowest BCUT2D eigenvalue weighted by Crippen LogP contribution is -2.38. The second kappa shape index (κ2) is 7.35. The van der Waals surface area contributed by atoms with E-state index >= 15 is 0 Å². The van der Waals surface area contributed by atoms with Gasteiger partial charge >= 0.3 is 5.97 Å². The third-order valence-electron chi connectivity index (χ3n) is 3.98. The molecular formula is C15H19F2NO4S. The Balaban J connectivity index is 1.95. The highest BCUT2D eigenvalue weighted by molar-refractivity contribution is 7.92. The van der Waals surface area contributed by atoms with Crippen LogP contribution in [0, 0.1) is 11.6 Å². The Kier molecular flexibility index (Phi) is 5.69. The van der Waals surface area contributed by atoms with E-state index in [1.54, 1.807) is 6.07 Å². The third-order valence-corrected chi connectivity index (χ3v) is 5.47. The fourth-order valence-corrected chi connectivity index (χ4v) is 3.88. The van der Waals surface area contributed by atoms with Gasteiger partial charge in [0.1, 0.15) is 5.75 Å². The Labute approximate surface area is 133 Å². The van der Waals surface area contributed by atoms with Crippen molar-refractivity contribution in [3.8, 4) is 0 Å². The van der Waals surface area contributed by atoms with Crippen LogP contribution in [0.25, 0.3) is 0 Å². The predicted octanol–water partition coefficient (Wildman–Crippen LogP) is 1.64. The lowest BCUT2D eigenvalue weighted by Gasteiger charge is -2.32. The number of carbonyl (C=O) groups is 1. The Bertz CT molecular complexity index is 678. The van der Waals surface area contributed by atoms with E-state index in [4.69, 9.17) is 5.11 Å². The van der Waals surface area contributed by atoms with Crippen molar-refractivity contribution in [3.05, 3.63) is 35.4 Å². The van der Waals surface area contributed by atoms with Crippen LogP contribution in [0.4, 0.5) is 8.78 Å². The maximum Gasteiger partial charge on any atom is 0.318 e. The number of halogens is 2. The number of hydrogen-bond acceptors (Lipinski definition) is 4. The zero-order valence-corrected chi connectivity index (χ0v) is 13.4. The van der Waals surface area contributed by atoms with Crippen molar-refractivity contribution in [2.45, 2.75) is 18.8 Å². The molecule has 0 spiro atoms. The van der Waals surface area contributed by atoms with E-state index in [9.17, 15) is 22.0 Å². The van der Waals surface area contributed by atoms with Gasteiger partial charge in [-0.05, 0) is 43.0 Å². The first-order valence-corrected chi connectivity index (χ1v) is 9.18. The minimum Gasteiger partial charge on any atom is -0.480 e. The van der Waals surface area contributed by atoms with Crippen molar-refractivity contribution >= 4 is 15.8 Å². The van der Waals surface area contributed by atoms with E-state index in [1.807, 2.05) is 4.90 Å². The summed E-state index contributed by atoms with van der Waals surface area (Å²) in [4.78, 5) is 12.4. The van der Waals surface area contributed by atoms with Gasteiger partial charge in [-0.15, -0.1) is 0 Å². The molecule has 1 aliphatic rings. The first-order valence-electron chi connectivity index (χ1n) is 7.36. The van der Waals surface area contributed by atoms with Crippen molar-refractivity contribution in [2.24, 2.45) is 0 Å². The zero-order chi connectivity index (χ0) is 17.0. The molecule has 1 aromatic rings. The number of likely N-dealkylation sites (tertiary alicyclic amines) is 1. The van der Waals surface area contributed by atoms with Gasteiger partial charge in [0.25, 0.3) is 0 Å². The predicted molar refractivity (Wildman–Crippen MR) is 81.1 cm³/mol. The molecule has 2 rings (SSSR count). The summed E-state index contributed by atoms with van der Waals surface area (Å²) < 4.78 is 49.6. The van der Waals surface area contributed by atoms with Crippen molar-refractivity contribution < 1.29 is 27.1 Å². The van der Waals surface area contributed by atoms with Crippen LogP contribution < -0.4 is 0 Å². The van der Waals surface area contributed by atoms with Crippen molar-refractivity contribution in [1.29, 1.82) is 0 Å². The molecule has 128 valence electrons. The van der Waals surface area contributed by atoms with Crippen LogP contribution in [0.5, 0.6) is 0 Å². The van der Waals surface area contributed by atoms with Crippen LogP contribution in [0.2, 0.25) is 0 Å². The molecule has 5 nitrogen and oxygen atoms in total. The molecule has 0 amide bonds. The fraction of sp³-hybridized carbons (Fsp3) is 0.533. The minimum absolute atomic E-state index is 0.0148. The van der Waals surface area contributed by atoms with E-state index in [0.29, 0.717) is 18.7 Å². The highest BCUT2D eigenvalue weighted by Crippen LogP contribution is 2.27. The largest absolute Gasteiger partial charge is 0.480 e. The van der Waals surface area contributed by atoms with Crippen LogP contribution in [-0.4, -0.2) is 55.5 Å². The molecule has 1 N–H and O–H groups in total. The number of sulfone groups is 1. The van der Waals surface area contributed by atoms with Crippen LogP contribution in [-0.2, 0) is 14.6 Å². The van der Waals surface area contributed by atoms with Crippen LogP contribution in [0.15, 0.2) is 18.2 Å². The van der Waals surface area contributed by atoms with Crippen molar-refractivity contribution in [2.75, 3.05) is 31.1 Å². The molecule has 0 radical (unpaired) electrons. The molecule has 1 saturated heterocycles. The number of carboxylic acid groups (broad SMARTS) is 1. The van der Waals surface area contributed by atoms with E-state index in [2.05, 4.69) is 0 Å². The quantitative estimate of drug-likeness (QED) is 0.847. The normalized spacial score (nSPS) is 19.7. The number of nitrogens with zero attached hydrogens (tertiary/aromatic N) is 1. The van der Waals surface area contributed by atoms with Gasteiger partial charge in [-0.1, -0.05) is 6.07 Å². The number of piperidine rings is 1. The molecule has 1 atom stereocenters. The summed E-state index contributed by atoms with van der Waals surface area (Å²) in [5, 5.41) is 8.57. The molecule has 1 unspecified atom stereocenters. The second-order valence-corrected chi connectivity index (χ2v) is 7.98. The zero-order valence-electron chi connectivity index (χ0n) is 12.5. The van der Waals surface area contributed by atoms with Gasteiger partial charge in [-0.3, -0.25) is 4.79 Å². The first-order chi connectivity index (χ1) is 10.8. The number of benzene rings is 1. The smallest absolute Gasteiger partial charge is 0.318 e. The number of carboxylic acids is 1. The fourth-order valence-electron chi connectivity index (χ4n) is 2.83. The van der Waals surface area contributed by atoms with Gasteiger partial charge in [0.2, 0.25) is 0 Å². The van der Waals surface area contributed by atoms with E-state index in [1.165, 1.54) is 6.07 Å². The summed E-state index contributed by atoms with van der Waals surface area (Å²) in [6, 6.07) is 3.83. The maximum atomic E-state index is 13.3. The summed E-state index contributed by atoms with van der Waals surface area (Å²) in [6.07, 6.45) is 1.64. The topological polar surface area (TPSA) is 74.7 Å². The summed E-state index contributed by atoms with van der Waals surface area (Å²) >= 11 is 0. The average Bonchev–Trinajstić information content (AvgIpc) is 2.47. The molecule has 1 fully saturated rings. The molecule has 1 aromatic carbocycles. The maximum absolute atomic E-state index is 13.3. The van der Waals surface area contributed by atoms with E-state index in [0.717, 1.165) is 18.9 Å². The SMILES string of the molecule is O=C(O)CS(=O)(=O)CCN1CCCC(c2ccc(F)c(F)c2)C1. The summed E-state index contributed by atoms with van der Waals surface area (Å²) in [5.41, 5.74) is 0.696. The van der Waals surface area contributed by atoms with Crippen molar-refractivity contribution in [1.82, 2.24) is 4.90 Å². The van der Waals surface area contributed by atoms with Gasteiger partial charge in [-0.2, -0.15) is 0 Å². The third kappa shape index (κ3) is 5.24. The van der Waals surface area contributed by atoms with Gasteiger partial charge < -0.3 is 10.0 Å². The molecule has 23 heavy (non-hydrogen) atoms. The summed E-state index contributed by atoms with van der Waals surface area (Å²) in [7, 11) is -3.63. The lowest BCUT2D eigenvalue weighted by molar-refractivity contribution is -0.134. The molecule has 0 saturated carbocycles. The van der Waals surface area contributed by atoms with Gasteiger partial charge in [-0.25, -0.2) is 17.2 Å². The molecule has 8 heteroatoms. The molecule has 1 heterocycles. The highest BCUT2D eigenvalue weighted by Gasteiger charge is 2.24. The number of rotatable bonds is 6. The number of aliphatic carboxylic acids is 1. The summed E-state index contributed by atoms with van der Waals surface area (Å²) in [6.45, 7) is 1.51. The van der Waals surface area contributed by atoms with Gasteiger partial charge in [0, 0.05) is 13.1 Å². The monoisotopic (exact) mass is 347 g/mol. The Morgan fingerprint density at radius 1 is 1.30 bits per heavy atom. The highest BCUT2D eigenvalue weighted by atomic mass is 32.2. The van der Waals surface area contributed by atoms with Crippen molar-refractivity contribution in [3.63, 3.8) is 0 Å².